The van der Waals surface area contributed by atoms with Gasteiger partial charge in [0, 0.05) is 19.6 Å². The first-order chi connectivity index (χ1) is 13.6. The third kappa shape index (κ3) is 4.34. The molecule has 2 aromatic rings. The van der Waals surface area contributed by atoms with Gasteiger partial charge >= 0.3 is 0 Å². The van der Waals surface area contributed by atoms with E-state index < -0.39 is 5.91 Å². The van der Waals surface area contributed by atoms with Crippen LogP contribution in [-0.4, -0.2) is 43.2 Å². The summed E-state index contributed by atoms with van der Waals surface area (Å²) in [4.78, 5) is 13.7. The molecular weight excluding hydrogens is 380 g/mol. The molecule has 0 aliphatic carbocycles. The molecule has 2 aliphatic rings. The standard InChI is InChI=1S/C21H23ClN2O4/c22-18-12-16(2-3-17(18)21(23)25)28-15-5-7-24(8-6-15)13-14-1-4-19-20(11-14)27-10-9-26-19/h1-4,11-12,15H,5-10,13H2,(H2,23,25). The summed E-state index contributed by atoms with van der Waals surface area (Å²) in [6.45, 7) is 3.99. The Hall–Kier alpha value is -2.44. The van der Waals surface area contributed by atoms with Crippen molar-refractivity contribution < 1.29 is 19.0 Å². The molecule has 1 amide bonds. The lowest BCUT2D eigenvalue weighted by Gasteiger charge is -2.32. The first-order valence-electron chi connectivity index (χ1n) is 9.45. The topological polar surface area (TPSA) is 74.0 Å². The smallest absolute Gasteiger partial charge is 0.250 e. The highest BCUT2D eigenvalue weighted by Crippen LogP contribution is 2.31. The zero-order valence-electron chi connectivity index (χ0n) is 15.5. The molecule has 2 N–H and O–H groups in total. The van der Waals surface area contributed by atoms with Crippen LogP contribution < -0.4 is 19.9 Å². The number of rotatable bonds is 5. The minimum atomic E-state index is -0.538. The highest BCUT2D eigenvalue weighted by Gasteiger charge is 2.22. The van der Waals surface area contributed by atoms with Crippen LogP contribution in [0.25, 0.3) is 0 Å². The number of carbonyl (C=O) groups excluding carboxylic acids is 1. The van der Waals surface area contributed by atoms with Crippen LogP contribution >= 0.6 is 11.6 Å². The molecule has 6 nitrogen and oxygen atoms in total. The van der Waals surface area contributed by atoms with Crippen molar-refractivity contribution in [1.29, 1.82) is 0 Å². The van der Waals surface area contributed by atoms with Crippen molar-refractivity contribution in [1.82, 2.24) is 4.90 Å². The Morgan fingerprint density at radius 2 is 1.86 bits per heavy atom. The van der Waals surface area contributed by atoms with Crippen LogP contribution in [-0.2, 0) is 6.54 Å². The largest absolute Gasteiger partial charge is 0.490 e. The second kappa shape index (κ2) is 8.29. The van der Waals surface area contributed by atoms with Gasteiger partial charge in [0.25, 0.3) is 0 Å². The number of amides is 1. The van der Waals surface area contributed by atoms with Crippen LogP contribution in [0.2, 0.25) is 5.02 Å². The number of halogens is 1. The second-order valence-corrected chi connectivity index (χ2v) is 7.48. The fraction of sp³-hybridized carbons (Fsp3) is 0.381. The molecule has 0 spiro atoms. The lowest BCUT2D eigenvalue weighted by molar-refractivity contribution is 0.0965. The van der Waals surface area contributed by atoms with E-state index in [4.69, 9.17) is 31.5 Å². The maximum Gasteiger partial charge on any atom is 0.250 e. The van der Waals surface area contributed by atoms with Gasteiger partial charge in [-0.3, -0.25) is 9.69 Å². The average Bonchev–Trinajstić information content (AvgIpc) is 2.69. The Balaban J connectivity index is 1.30. The minimum absolute atomic E-state index is 0.131. The molecule has 2 heterocycles. The predicted octanol–water partition coefficient (Wildman–Crippen LogP) is 3.25. The number of benzene rings is 2. The van der Waals surface area contributed by atoms with E-state index in [0.29, 0.717) is 29.5 Å². The molecule has 0 bridgehead atoms. The zero-order chi connectivity index (χ0) is 19.5. The van der Waals surface area contributed by atoms with Crippen molar-refractivity contribution in [3.05, 3.63) is 52.5 Å². The lowest BCUT2D eigenvalue weighted by atomic mass is 10.1. The summed E-state index contributed by atoms with van der Waals surface area (Å²) in [5.41, 5.74) is 6.81. The molecule has 1 fully saturated rings. The van der Waals surface area contributed by atoms with Gasteiger partial charge in [0.05, 0.1) is 10.6 Å². The van der Waals surface area contributed by atoms with Crippen molar-refractivity contribution in [2.75, 3.05) is 26.3 Å². The summed E-state index contributed by atoms with van der Waals surface area (Å²) in [6.07, 6.45) is 1.99. The SMILES string of the molecule is NC(=O)c1ccc(OC2CCN(Cc3ccc4c(c3)OCCO4)CC2)cc1Cl. The van der Waals surface area contributed by atoms with Crippen molar-refractivity contribution in [3.8, 4) is 17.2 Å². The van der Waals surface area contributed by atoms with Crippen LogP contribution in [0.1, 0.15) is 28.8 Å². The van der Waals surface area contributed by atoms with Gasteiger partial charge in [-0.15, -0.1) is 0 Å². The minimum Gasteiger partial charge on any atom is -0.490 e. The van der Waals surface area contributed by atoms with Crippen molar-refractivity contribution in [2.45, 2.75) is 25.5 Å². The van der Waals surface area contributed by atoms with Crippen LogP contribution in [0.4, 0.5) is 0 Å². The van der Waals surface area contributed by atoms with E-state index in [0.717, 1.165) is 44.0 Å². The maximum atomic E-state index is 11.3. The summed E-state index contributed by atoms with van der Waals surface area (Å²) in [6, 6.07) is 11.2. The molecule has 1 saturated heterocycles. The van der Waals surface area contributed by atoms with Gasteiger partial charge in [-0.2, -0.15) is 0 Å². The number of ether oxygens (including phenoxy) is 3. The van der Waals surface area contributed by atoms with E-state index in [1.165, 1.54) is 5.56 Å². The van der Waals surface area contributed by atoms with Crippen LogP contribution in [0.3, 0.4) is 0 Å². The Morgan fingerprint density at radius 1 is 1.11 bits per heavy atom. The van der Waals surface area contributed by atoms with Gasteiger partial charge in [-0.25, -0.2) is 0 Å². The summed E-state index contributed by atoms with van der Waals surface area (Å²) in [5, 5.41) is 0.320. The summed E-state index contributed by atoms with van der Waals surface area (Å²) < 4.78 is 17.3. The molecule has 148 valence electrons. The van der Waals surface area contributed by atoms with E-state index in [9.17, 15) is 4.79 Å². The summed E-state index contributed by atoms with van der Waals surface area (Å²) >= 11 is 6.10. The molecule has 2 aliphatic heterocycles. The number of likely N-dealkylation sites (tertiary alicyclic amines) is 1. The first kappa shape index (κ1) is 18.9. The maximum absolute atomic E-state index is 11.3. The van der Waals surface area contributed by atoms with Crippen molar-refractivity contribution in [3.63, 3.8) is 0 Å². The van der Waals surface area contributed by atoms with Gasteiger partial charge in [0.1, 0.15) is 25.1 Å². The monoisotopic (exact) mass is 402 g/mol. The number of primary amides is 1. The molecule has 7 heteroatoms. The molecule has 0 unspecified atom stereocenters. The number of carbonyl (C=O) groups is 1. The van der Waals surface area contributed by atoms with Gasteiger partial charge in [0.15, 0.2) is 11.5 Å². The number of fused-ring (bicyclic) bond motifs is 1. The Kier molecular flexibility index (Phi) is 5.59. The highest BCUT2D eigenvalue weighted by molar-refractivity contribution is 6.33. The lowest BCUT2D eigenvalue weighted by Crippen LogP contribution is -2.37. The average molecular weight is 403 g/mol. The van der Waals surface area contributed by atoms with Crippen LogP contribution in [0, 0.1) is 0 Å². The number of nitrogens with two attached hydrogens (primary N) is 1. The van der Waals surface area contributed by atoms with Crippen LogP contribution in [0.5, 0.6) is 17.2 Å². The molecule has 0 saturated carbocycles. The number of nitrogens with zero attached hydrogens (tertiary/aromatic N) is 1. The van der Waals surface area contributed by atoms with Gasteiger partial charge in [-0.05, 0) is 48.7 Å². The molecule has 0 radical (unpaired) electrons. The number of hydrogen-bond acceptors (Lipinski definition) is 5. The molecular formula is C21H23ClN2O4. The summed E-state index contributed by atoms with van der Waals surface area (Å²) in [7, 11) is 0. The molecule has 0 aromatic heterocycles. The van der Waals surface area contributed by atoms with E-state index in [-0.39, 0.29) is 6.10 Å². The Bertz CT molecular complexity index is 865. The Morgan fingerprint density at radius 3 is 2.57 bits per heavy atom. The molecule has 2 aromatic carbocycles. The van der Waals surface area contributed by atoms with Crippen molar-refractivity contribution >= 4 is 17.5 Å². The number of hydrogen-bond donors (Lipinski definition) is 1. The van der Waals surface area contributed by atoms with E-state index >= 15 is 0 Å². The van der Waals surface area contributed by atoms with Gasteiger partial charge < -0.3 is 19.9 Å². The zero-order valence-corrected chi connectivity index (χ0v) is 16.3. The van der Waals surface area contributed by atoms with Gasteiger partial charge in [-0.1, -0.05) is 17.7 Å². The van der Waals surface area contributed by atoms with Crippen LogP contribution in [0.15, 0.2) is 36.4 Å². The predicted molar refractivity (Wildman–Crippen MR) is 106 cm³/mol. The third-order valence-electron chi connectivity index (χ3n) is 5.06. The van der Waals surface area contributed by atoms with Crippen molar-refractivity contribution in [2.24, 2.45) is 5.73 Å². The van der Waals surface area contributed by atoms with E-state index in [1.807, 2.05) is 6.07 Å². The second-order valence-electron chi connectivity index (χ2n) is 7.08. The van der Waals surface area contributed by atoms with E-state index in [2.05, 4.69) is 17.0 Å². The highest BCUT2D eigenvalue weighted by atomic mass is 35.5. The first-order valence-corrected chi connectivity index (χ1v) is 9.83. The van der Waals surface area contributed by atoms with E-state index in [1.54, 1.807) is 18.2 Å². The fourth-order valence-electron chi connectivity index (χ4n) is 3.59. The fourth-order valence-corrected chi connectivity index (χ4v) is 3.85. The third-order valence-corrected chi connectivity index (χ3v) is 5.37. The molecule has 0 atom stereocenters. The Labute approximate surface area is 169 Å². The van der Waals surface area contributed by atoms with Gasteiger partial charge in [0.2, 0.25) is 5.91 Å². The normalized spacial score (nSPS) is 17.3. The molecule has 28 heavy (non-hydrogen) atoms. The summed E-state index contributed by atoms with van der Waals surface area (Å²) in [5.74, 6) is 1.78. The quantitative estimate of drug-likeness (QED) is 0.830. The molecule has 4 rings (SSSR count). The number of piperidine rings is 1.